The Labute approximate surface area is 157 Å². The SMILES string of the molecule is CCOc1cc2c(cc1OCC)CN(c1ncnc3cccc(F)c13)CC2. The first-order valence-corrected chi connectivity index (χ1v) is 9.26. The molecule has 0 aliphatic carbocycles. The summed E-state index contributed by atoms with van der Waals surface area (Å²) in [7, 11) is 0. The van der Waals surface area contributed by atoms with Gasteiger partial charge in [0.1, 0.15) is 18.0 Å². The van der Waals surface area contributed by atoms with Gasteiger partial charge >= 0.3 is 0 Å². The first-order valence-electron chi connectivity index (χ1n) is 9.26. The molecule has 27 heavy (non-hydrogen) atoms. The van der Waals surface area contributed by atoms with Crippen molar-refractivity contribution in [2.45, 2.75) is 26.8 Å². The highest BCUT2D eigenvalue weighted by atomic mass is 19.1. The maximum absolute atomic E-state index is 14.5. The Morgan fingerprint density at radius 3 is 2.52 bits per heavy atom. The zero-order valence-corrected chi connectivity index (χ0v) is 15.5. The highest BCUT2D eigenvalue weighted by Crippen LogP contribution is 2.36. The predicted molar refractivity (Wildman–Crippen MR) is 103 cm³/mol. The molecule has 6 heteroatoms. The minimum Gasteiger partial charge on any atom is -0.490 e. The fraction of sp³-hybridized carbons (Fsp3) is 0.333. The molecule has 0 amide bonds. The van der Waals surface area contributed by atoms with Crippen molar-refractivity contribution in [3.05, 3.63) is 53.6 Å². The molecule has 3 aromatic rings. The van der Waals surface area contributed by atoms with Gasteiger partial charge in [-0.25, -0.2) is 14.4 Å². The molecule has 1 aliphatic heterocycles. The van der Waals surface area contributed by atoms with Crippen LogP contribution >= 0.6 is 0 Å². The van der Waals surface area contributed by atoms with Crippen LogP contribution in [0.3, 0.4) is 0 Å². The van der Waals surface area contributed by atoms with Gasteiger partial charge in [0, 0.05) is 13.1 Å². The average molecular weight is 367 g/mol. The maximum atomic E-state index is 14.5. The number of benzene rings is 2. The lowest BCUT2D eigenvalue weighted by Gasteiger charge is -2.31. The lowest BCUT2D eigenvalue weighted by molar-refractivity contribution is 0.287. The van der Waals surface area contributed by atoms with Crippen LogP contribution in [0.5, 0.6) is 11.5 Å². The normalized spacial score (nSPS) is 13.5. The first-order chi connectivity index (χ1) is 13.2. The van der Waals surface area contributed by atoms with Crippen LogP contribution in [-0.2, 0) is 13.0 Å². The molecule has 0 fully saturated rings. The summed E-state index contributed by atoms with van der Waals surface area (Å²) < 4.78 is 25.9. The number of anilines is 1. The van der Waals surface area contributed by atoms with Crippen molar-refractivity contribution in [2.24, 2.45) is 0 Å². The van der Waals surface area contributed by atoms with E-state index in [-0.39, 0.29) is 5.82 Å². The molecule has 0 spiro atoms. The molecule has 0 N–H and O–H groups in total. The van der Waals surface area contributed by atoms with Gasteiger partial charge in [-0.3, -0.25) is 0 Å². The van der Waals surface area contributed by atoms with E-state index in [2.05, 4.69) is 20.9 Å². The van der Waals surface area contributed by atoms with Crippen LogP contribution in [0.4, 0.5) is 10.2 Å². The van der Waals surface area contributed by atoms with Gasteiger partial charge in [0.15, 0.2) is 11.5 Å². The molecule has 2 heterocycles. The van der Waals surface area contributed by atoms with Crippen molar-refractivity contribution < 1.29 is 13.9 Å². The molecule has 4 rings (SSSR count). The highest BCUT2D eigenvalue weighted by molar-refractivity contribution is 5.90. The summed E-state index contributed by atoms with van der Waals surface area (Å²) in [5, 5.41) is 0.472. The van der Waals surface area contributed by atoms with Crippen molar-refractivity contribution in [2.75, 3.05) is 24.7 Å². The molecular weight excluding hydrogens is 345 g/mol. The Bertz CT molecular complexity index is 972. The number of fused-ring (bicyclic) bond motifs is 2. The summed E-state index contributed by atoms with van der Waals surface area (Å²) in [6.07, 6.45) is 2.33. The van der Waals surface area contributed by atoms with Gasteiger partial charge in [0.2, 0.25) is 0 Å². The summed E-state index contributed by atoms with van der Waals surface area (Å²) in [5.74, 6) is 1.87. The van der Waals surface area contributed by atoms with E-state index in [0.29, 0.717) is 36.5 Å². The molecule has 2 aromatic carbocycles. The van der Waals surface area contributed by atoms with E-state index >= 15 is 0 Å². The smallest absolute Gasteiger partial charge is 0.161 e. The Morgan fingerprint density at radius 1 is 1.04 bits per heavy atom. The topological polar surface area (TPSA) is 47.5 Å². The highest BCUT2D eigenvalue weighted by Gasteiger charge is 2.23. The minimum atomic E-state index is -0.296. The van der Waals surface area contributed by atoms with E-state index in [1.807, 2.05) is 26.0 Å². The second-order valence-electron chi connectivity index (χ2n) is 6.44. The van der Waals surface area contributed by atoms with Crippen molar-refractivity contribution in [1.82, 2.24) is 9.97 Å². The number of halogens is 1. The Hall–Kier alpha value is -2.89. The number of hydrogen-bond acceptors (Lipinski definition) is 5. The molecule has 0 saturated carbocycles. The summed E-state index contributed by atoms with van der Waals surface area (Å²) >= 11 is 0. The zero-order valence-electron chi connectivity index (χ0n) is 15.5. The molecule has 1 aliphatic rings. The number of ether oxygens (including phenoxy) is 2. The molecule has 0 bridgehead atoms. The standard InChI is InChI=1S/C21H22FN3O2/c1-3-26-18-10-14-8-9-25(12-15(14)11-19(18)27-4-2)21-20-16(22)6-5-7-17(20)23-13-24-21/h5-7,10-11,13H,3-4,8-9,12H2,1-2H3. The third-order valence-electron chi connectivity index (χ3n) is 4.77. The van der Waals surface area contributed by atoms with Gasteiger partial charge in [-0.1, -0.05) is 6.07 Å². The average Bonchev–Trinajstić information content (AvgIpc) is 2.68. The van der Waals surface area contributed by atoms with E-state index in [0.717, 1.165) is 30.0 Å². The van der Waals surface area contributed by atoms with Gasteiger partial charge in [-0.05, 0) is 55.7 Å². The second-order valence-corrected chi connectivity index (χ2v) is 6.44. The molecular formula is C21H22FN3O2. The fourth-order valence-electron chi connectivity index (χ4n) is 3.57. The van der Waals surface area contributed by atoms with E-state index in [1.54, 1.807) is 6.07 Å². The predicted octanol–water partition coefficient (Wildman–Crippen LogP) is 4.13. The monoisotopic (exact) mass is 367 g/mol. The molecule has 1 aromatic heterocycles. The van der Waals surface area contributed by atoms with Crippen molar-refractivity contribution in [3.63, 3.8) is 0 Å². The third kappa shape index (κ3) is 3.27. The first kappa shape index (κ1) is 17.5. The van der Waals surface area contributed by atoms with Crippen LogP contribution in [0.1, 0.15) is 25.0 Å². The summed E-state index contributed by atoms with van der Waals surface area (Å²) in [4.78, 5) is 10.7. The quantitative estimate of drug-likeness (QED) is 0.679. The van der Waals surface area contributed by atoms with Gasteiger partial charge < -0.3 is 14.4 Å². The van der Waals surface area contributed by atoms with E-state index in [9.17, 15) is 4.39 Å². The Balaban J connectivity index is 1.72. The number of hydrogen-bond donors (Lipinski definition) is 0. The number of rotatable bonds is 5. The zero-order chi connectivity index (χ0) is 18.8. The van der Waals surface area contributed by atoms with Crippen LogP contribution < -0.4 is 14.4 Å². The second kappa shape index (κ2) is 7.39. The van der Waals surface area contributed by atoms with Crippen molar-refractivity contribution >= 4 is 16.7 Å². The van der Waals surface area contributed by atoms with Gasteiger partial charge in [-0.15, -0.1) is 0 Å². The molecule has 0 saturated heterocycles. The van der Waals surface area contributed by atoms with Crippen molar-refractivity contribution in [1.29, 1.82) is 0 Å². The Kier molecular flexibility index (Phi) is 4.79. The third-order valence-corrected chi connectivity index (χ3v) is 4.77. The van der Waals surface area contributed by atoms with Crippen LogP contribution in [-0.4, -0.2) is 29.7 Å². The summed E-state index contributed by atoms with van der Waals surface area (Å²) in [6.45, 7) is 6.49. The summed E-state index contributed by atoms with van der Waals surface area (Å²) in [6, 6.07) is 9.04. The molecule has 5 nitrogen and oxygen atoms in total. The number of aromatic nitrogens is 2. The van der Waals surface area contributed by atoms with Gasteiger partial charge in [-0.2, -0.15) is 0 Å². The lowest BCUT2D eigenvalue weighted by atomic mass is 9.98. The molecule has 0 unspecified atom stereocenters. The summed E-state index contributed by atoms with van der Waals surface area (Å²) in [5.41, 5.74) is 3.00. The largest absolute Gasteiger partial charge is 0.490 e. The number of nitrogens with zero attached hydrogens (tertiary/aromatic N) is 3. The van der Waals surface area contributed by atoms with Gasteiger partial charge in [0.25, 0.3) is 0 Å². The van der Waals surface area contributed by atoms with Crippen molar-refractivity contribution in [3.8, 4) is 11.5 Å². The van der Waals surface area contributed by atoms with E-state index in [1.165, 1.54) is 18.0 Å². The Morgan fingerprint density at radius 2 is 1.78 bits per heavy atom. The van der Waals surface area contributed by atoms with E-state index in [4.69, 9.17) is 9.47 Å². The van der Waals surface area contributed by atoms with E-state index < -0.39 is 0 Å². The van der Waals surface area contributed by atoms with Crippen LogP contribution in [0, 0.1) is 5.82 Å². The minimum absolute atomic E-state index is 0.296. The molecule has 140 valence electrons. The molecule has 0 atom stereocenters. The van der Waals surface area contributed by atoms with Crippen LogP contribution in [0.25, 0.3) is 10.9 Å². The van der Waals surface area contributed by atoms with Gasteiger partial charge in [0.05, 0.1) is 24.1 Å². The molecule has 0 radical (unpaired) electrons. The van der Waals surface area contributed by atoms with Crippen LogP contribution in [0.15, 0.2) is 36.7 Å². The fourth-order valence-corrected chi connectivity index (χ4v) is 3.57. The van der Waals surface area contributed by atoms with Crippen LogP contribution in [0.2, 0.25) is 0 Å². The lowest BCUT2D eigenvalue weighted by Crippen LogP contribution is -2.31. The maximum Gasteiger partial charge on any atom is 0.161 e.